The molecule has 0 saturated heterocycles. The number of aliphatic hydroxyl groups is 1. The van der Waals surface area contributed by atoms with E-state index in [1.807, 2.05) is 0 Å². The fraction of sp³-hybridized carbons (Fsp3) is 0.562. The molecule has 2 N–H and O–H groups in total. The van der Waals surface area contributed by atoms with Gasteiger partial charge in [0.15, 0.2) is 11.6 Å². The van der Waals surface area contributed by atoms with Crippen LogP contribution in [-0.2, 0) is 0 Å². The first-order chi connectivity index (χ1) is 9.93. The molecule has 1 fully saturated rings. The minimum atomic E-state index is -0.849. The highest BCUT2D eigenvalue weighted by atomic mass is 19.1. The summed E-state index contributed by atoms with van der Waals surface area (Å²) in [7, 11) is 1.37. The molecule has 2 rings (SSSR count). The number of ether oxygens (including phenoxy) is 1. The van der Waals surface area contributed by atoms with Gasteiger partial charge in [-0.2, -0.15) is 0 Å². The standard InChI is InChI=1S/C16H22FNO3/c1-11-4-3-7-16(20,9-11)10-18-15(19)12-5-6-14(21-2)13(17)8-12/h5-6,8,11,20H,3-4,7,9-10H2,1-2H3,(H,18,19). The molecule has 2 atom stereocenters. The molecule has 5 heteroatoms. The largest absolute Gasteiger partial charge is 0.494 e. The van der Waals surface area contributed by atoms with Gasteiger partial charge in [-0.25, -0.2) is 4.39 Å². The fourth-order valence-corrected chi connectivity index (χ4v) is 2.95. The van der Waals surface area contributed by atoms with Crippen LogP contribution in [0.15, 0.2) is 18.2 Å². The third-order valence-electron chi connectivity index (χ3n) is 4.06. The normalized spacial score (nSPS) is 25.4. The van der Waals surface area contributed by atoms with Gasteiger partial charge < -0.3 is 15.2 Å². The number of halogens is 1. The number of amides is 1. The zero-order chi connectivity index (χ0) is 15.5. The number of carbonyl (C=O) groups excluding carboxylic acids is 1. The summed E-state index contributed by atoms with van der Waals surface area (Å²) >= 11 is 0. The molecule has 1 saturated carbocycles. The van der Waals surface area contributed by atoms with Crippen molar-refractivity contribution in [1.29, 1.82) is 0 Å². The molecule has 1 aliphatic carbocycles. The SMILES string of the molecule is COc1ccc(C(=O)NCC2(O)CCCC(C)C2)cc1F. The zero-order valence-corrected chi connectivity index (χ0v) is 12.5. The van der Waals surface area contributed by atoms with Gasteiger partial charge in [-0.3, -0.25) is 4.79 Å². The second-order valence-electron chi connectivity index (χ2n) is 5.96. The number of benzene rings is 1. The molecule has 116 valence electrons. The molecule has 0 heterocycles. The number of carbonyl (C=O) groups is 1. The second kappa shape index (κ2) is 6.43. The van der Waals surface area contributed by atoms with Crippen molar-refractivity contribution in [1.82, 2.24) is 5.32 Å². The molecular weight excluding hydrogens is 273 g/mol. The van der Waals surface area contributed by atoms with E-state index in [2.05, 4.69) is 12.2 Å². The Morgan fingerprint density at radius 3 is 2.95 bits per heavy atom. The van der Waals surface area contributed by atoms with Gasteiger partial charge in [0.1, 0.15) is 0 Å². The lowest BCUT2D eigenvalue weighted by atomic mass is 9.79. The Bertz CT molecular complexity index is 520. The van der Waals surface area contributed by atoms with Crippen molar-refractivity contribution in [2.24, 2.45) is 5.92 Å². The van der Waals surface area contributed by atoms with Crippen molar-refractivity contribution in [3.05, 3.63) is 29.6 Å². The van der Waals surface area contributed by atoms with E-state index < -0.39 is 11.4 Å². The summed E-state index contributed by atoms with van der Waals surface area (Å²) < 4.78 is 18.4. The third-order valence-corrected chi connectivity index (χ3v) is 4.06. The van der Waals surface area contributed by atoms with Crippen LogP contribution < -0.4 is 10.1 Å². The second-order valence-corrected chi connectivity index (χ2v) is 5.96. The van der Waals surface area contributed by atoms with Crippen LogP contribution in [0.3, 0.4) is 0 Å². The minimum absolute atomic E-state index is 0.103. The van der Waals surface area contributed by atoms with Crippen molar-refractivity contribution in [2.75, 3.05) is 13.7 Å². The first kappa shape index (κ1) is 15.8. The highest BCUT2D eigenvalue weighted by molar-refractivity contribution is 5.94. The lowest BCUT2D eigenvalue weighted by Gasteiger charge is -2.35. The molecule has 1 aliphatic rings. The molecule has 4 nitrogen and oxygen atoms in total. The molecule has 0 bridgehead atoms. The van der Waals surface area contributed by atoms with E-state index in [4.69, 9.17) is 4.74 Å². The predicted octanol–water partition coefficient (Wildman–Crippen LogP) is 2.51. The highest BCUT2D eigenvalue weighted by Gasteiger charge is 2.32. The van der Waals surface area contributed by atoms with Crippen LogP contribution in [0.4, 0.5) is 4.39 Å². The first-order valence-electron chi connectivity index (χ1n) is 7.28. The fourth-order valence-electron chi connectivity index (χ4n) is 2.95. The topological polar surface area (TPSA) is 58.6 Å². The van der Waals surface area contributed by atoms with E-state index in [9.17, 15) is 14.3 Å². The Morgan fingerprint density at radius 2 is 2.33 bits per heavy atom. The average molecular weight is 295 g/mol. The number of hydrogen-bond donors (Lipinski definition) is 2. The molecule has 0 radical (unpaired) electrons. The molecule has 1 aromatic carbocycles. The van der Waals surface area contributed by atoms with Crippen molar-refractivity contribution in [2.45, 2.75) is 38.2 Å². The summed E-state index contributed by atoms with van der Waals surface area (Å²) in [4.78, 5) is 12.0. The van der Waals surface area contributed by atoms with Crippen LogP contribution in [-0.4, -0.2) is 30.3 Å². The van der Waals surface area contributed by atoms with E-state index in [0.717, 1.165) is 18.9 Å². The van der Waals surface area contributed by atoms with Gasteiger partial charge in [0, 0.05) is 12.1 Å². The lowest BCUT2D eigenvalue weighted by Crippen LogP contribution is -2.45. The van der Waals surface area contributed by atoms with Crippen LogP contribution in [0.5, 0.6) is 5.75 Å². The number of hydrogen-bond acceptors (Lipinski definition) is 3. The van der Waals surface area contributed by atoms with E-state index >= 15 is 0 Å². The molecule has 21 heavy (non-hydrogen) atoms. The summed E-state index contributed by atoms with van der Waals surface area (Å²) in [5, 5.41) is 13.2. The number of rotatable bonds is 4. The van der Waals surface area contributed by atoms with E-state index in [-0.39, 0.29) is 23.8 Å². The molecule has 0 spiro atoms. The Labute approximate surface area is 124 Å². The summed E-state index contributed by atoms with van der Waals surface area (Å²) in [5.41, 5.74) is -0.626. The Hall–Kier alpha value is -1.62. The lowest BCUT2D eigenvalue weighted by molar-refractivity contribution is -0.0109. The quantitative estimate of drug-likeness (QED) is 0.897. The summed E-state index contributed by atoms with van der Waals surface area (Å²) in [6.07, 6.45) is 3.45. The minimum Gasteiger partial charge on any atom is -0.494 e. The average Bonchev–Trinajstić information content (AvgIpc) is 2.44. The number of methoxy groups -OCH3 is 1. The van der Waals surface area contributed by atoms with Crippen LogP contribution in [0.25, 0.3) is 0 Å². The maximum atomic E-state index is 13.6. The predicted molar refractivity (Wildman–Crippen MR) is 77.9 cm³/mol. The Kier molecular flexibility index (Phi) is 4.83. The molecule has 0 aromatic heterocycles. The van der Waals surface area contributed by atoms with Crippen LogP contribution in [0, 0.1) is 11.7 Å². The van der Waals surface area contributed by atoms with Gasteiger partial charge in [0.25, 0.3) is 5.91 Å². The summed E-state index contributed by atoms with van der Waals surface area (Å²) in [6, 6.07) is 4.06. The molecule has 2 unspecified atom stereocenters. The van der Waals surface area contributed by atoms with Crippen molar-refractivity contribution in [3.8, 4) is 5.75 Å². The first-order valence-corrected chi connectivity index (χ1v) is 7.28. The van der Waals surface area contributed by atoms with Gasteiger partial charge in [0.05, 0.1) is 12.7 Å². The van der Waals surface area contributed by atoms with Crippen molar-refractivity contribution < 1.29 is 19.0 Å². The van der Waals surface area contributed by atoms with Gasteiger partial charge >= 0.3 is 0 Å². The molecule has 1 aromatic rings. The van der Waals surface area contributed by atoms with Gasteiger partial charge in [-0.15, -0.1) is 0 Å². The maximum Gasteiger partial charge on any atom is 0.251 e. The smallest absolute Gasteiger partial charge is 0.251 e. The Morgan fingerprint density at radius 1 is 1.57 bits per heavy atom. The third kappa shape index (κ3) is 3.94. The Balaban J connectivity index is 1.97. The molecular formula is C16H22FNO3. The highest BCUT2D eigenvalue weighted by Crippen LogP contribution is 2.31. The van der Waals surface area contributed by atoms with Gasteiger partial charge in [-0.1, -0.05) is 19.8 Å². The molecule has 0 aliphatic heterocycles. The maximum absolute atomic E-state index is 13.6. The number of nitrogens with one attached hydrogen (secondary N) is 1. The zero-order valence-electron chi connectivity index (χ0n) is 12.5. The van der Waals surface area contributed by atoms with Crippen LogP contribution in [0.1, 0.15) is 43.0 Å². The van der Waals surface area contributed by atoms with Crippen LogP contribution >= 0.6 is 0 Å². The molecule has 1 amide bonds. The van der Waals surface area contributed by atoms with E-state index in [1.165, 1.54) is 19.2 Å². The van der Waals surface area contributed by atoms with Gasteiger partial charge in [-0.05, 0) is 37.0 Å². The van der Waals surface area contributed by atoms with Crippen molar-refractivity contribution in [3.63, 3.8) is 0 Å². The summed E-state index contributed by atoms with van der Waals surface area (Å²) in [5.74, 6) is -0.399. The monoisotopic (exact) mass is 295 g/mol. The summed E-state index contributed by atoms with van der Waals surface area (Å²) in [6.45, 7) is 2.30. The van der Waals surface area contributed by atoms with E-state index in [1.54, 1.807) is 0 Å². The van der Waals surface area contributed by atoms with Crippen LogP contribution in [0.2, 0.25) is 0 Å². The van der Waals surface area contributed by atoms with Gasteiger partial charge in [0.2, 0.25) is 0 Å². The van der Waals surface area contributed by atoms with Crippen molar-refractivity contribution >= 4 is 5.91 Å². The van der Waals surface area contributed by atoms with E-state index in [0.29, 0.717) is 18.8 Å².